The number of likely N-dealkylation sites (N-methyl/N-ethyl adjacent to an activating group) is 1. The molecule has 0 heterocycles. The second kappa shape index (κ2) is 6.89. The number of rotatable bonds is 6. The highest BCUT2D eigenvalue weighted by atomic mass is 32.2. The third kappa shape index (κ3) is 4.17. The molecule has 116 valence electrons. The zero-order valence-electron chi connectivity index (χ0n) is 12.0. The Hall–Kier alpha value is -1.63. The predicted octanol–water partition coefficient (Wildman–Crippen LogP) is 2.77. The number of halogens is 2. The largest absolute Gasteiger partial charge is 0.480 e. The highest BCUT2D eigenvalue weighted by Gasteiger charge is 2.36. The molecule has 0 spiro atoms. The molecule has 1 aromatic rings. The first-order valence-corrected chi connectivity index (χ1v) is 7.30. The van der Waals surface area contributed by atoms with Gasteiger partial charge in [0.2, 0.25) is 5.91 Å². The van der Waals surface area contributed by atoms with Gasteiger partial charge in [-0.15, -0.1) is 11.8 Å². The number of benzene rings is 1. The van der Waals surface area contributed by atoms with Crippen LogP contribution >= 0.6 is 11.8 Å². The monoisotopic (exact) mass is 317 g/mol. The Balaban J connectivity index is 2.75. The van der Waals surface area contributed by atoms with E-state index in [1.165, 1.54) is 24.8 Å². The van der Waals surface area contributed by atoms with E-state index in [1.54, 1.807) is 6.92 Å². The van der Waals surface area contributed by atoms with Gasteiger partial charge in [-0.05, 0) is 39.0 Å². The molecule has 21 heavy (non-hydrogen) atoms. The molecule has 0 unspecified atom stereocenters. The van der Waals surface area contributed by atoms with Crippen LogP contribution in [0, 0.1) is 11.6 Å². The number of carbonyl (C=O) groups excluding carboxylic acids is 1. The van der Waals surface area contributed by atoms with E-state index >= 15 is 0 Å². The summed E-state index contributed by atoms with van der Waals surface area (Å²) in [6, 6.07) is 3.36. The number of carboxylic acids is 1. The minimum Gasteiger partial charge on any atom is -0.480 e. The van der Waals surface area contributed by atoms with E-state index < -0.39 is 23.1 Å². The molecular formula is C14H17F2NO3S. The fourth-order valence-electron chi connectivity index (χ4n) is 1.79. The van der Waals surface area contributed by atoms with Gasteiger partial charge < -0.3 is 10.0 Å². The van der Waals surface area contributed by atoms with Crippen molar-refractivity contribution < 1.29 is 23.5 Å². The number of carbonyl (C=O) groups is 2. The highest BCUT2D eigenvalue weighted by Crippen LogP contribution is 2.23. The van der Waals surface area contributed by atoms with E-state index in [0.29, 0.717) is 4.90 Å². The average molecular weight is 317 g/mol. The summed E-state index contributed by atoms with van der Waals surface area (Å²) in [5.41, 5.74) is -1.32. The quantitative estimate of drug-likeness (QED) is 0.820. The lowest BCUT2D eigenvalue weighted by Gasteiger charge is -2.34. The Labute approximate surface area is 126 Å². The molecule has 0 radical (unpaired) electrons. The molecule has 0 aliphatic rings. The van der Waals surface area contributed by atoms with Crippen LogP contribution in [0.25, 0.3) is 0 Å². The molecule has 0 saturated heterocycles. The molecule has 0 aromatic heterocycles. The molecule has 1 N–H and O–H groups in total. The molecule has 1 aromatic carbocycles. The van der Waals surface area contributed by atoms with Crippen molar-refractivity contribution in [3.8, 4) is 0 Å². The van der Waals surface area contributed by atoms with Crippen molar-refractivity contribution in [3.63, 3.8) is 0 Å². The van der Waals surface area contributed by atoms with Gasteiger partial charge in [-0.3, -0.25) is 4.79 Å². The predicted molar refractivity (Wildman–Crippen MR) is 76.2 cm³/mol. The first kappa shape index (κ1) is 17.4. The standard InChI is InChI=1S/C14H17F2NO3S/c1-4-17(14(2,3)13(19)20)12(18)8-21-9-5-6-10(15)11(16)7-9/h5-7H,4,8H2,1-3H3,(H,19,20). The van der Waals surface area contributed by atoms with Crippen molar-refractivity contribution in [3.05, 3.63) is 29.8 Å². The van der Waals surface area contributed by atoms with Crippen LogP contribution in [0.5, 0.6) is 0 Å². The van der Waals surface area contributed by atoms with Crippen LogP contribution in [0.3, 0.4) is 0 Å². The van der Waals surface area contributed by atoms with Crippen molar-refractivity contribution in [1.29, 1.82) is 0 Å². The fourth-order valence-corrected chi connectivity index (χ4v) is 2.59. The molecule has 4 nitrogen and oxygen atoms in total. The molecule has 1 amide bonds. The Bertz CT molecular complexity index is 549. The summed E-state index contributed by atoms with van der Waals surface area (Å²) in [4.78, 5) is 25.0. The second-order valence-corrected chi connectivity index (χ2v) is 5.92. The number of aliphatic carboxylic acids is 1. The maximum atomic E-state index is 13.1. The first-order valence-electron chi connectivity index (χ1n) is 6.31. The van der Waals surface area contributed by atoms with Gasteiger partial charge >= 0.3 is 5.97 Å². The summed E-state index contributed by atoms with van der Waals surface area (Å²) in [6.45, 7) is 4.82. The molecular weight excluding hydrogens is 300 g/mol. The Morgan fingerprint density at radius 3 is 2.38 bits per heavy atom. The third-order valence-corrected chi connectivity index (χ3v) is 4.05. The van der Waals surface area contributed by atoms with Crippen LogP contribution in [-0.2, 0) is 9.59 Å². The lowest BCUT2D eigenvalue weighted by atomic mass is 10.0. The Kier molecular flexibility index (Phi) is 5.71. The second-order valence-electron chi connectivity index (χ2n) is 4.87. The van der Waals surface area contributed by atoms with Crippen LogP contribution in [0.1, 0.15) is 20.8 Å². The van der Waals surface area contributed by atoms with Crippen LogP contribution in [0.4, 0.5) is 8.78 Å². The summed E-state index contributed by atoms with van der Waals surface area (Å²) >= 11 is 1.03. The molecule has 7 heteroatoms. The normalized spacial score (nSPS) is 11.3. The van der Waals surface area contributed by atoms with Gasteiger partial charge in [-0.2, -0.15) is 0 Å². The Morgan fingerprint density at radius 1 is 1.29 bits per heavy atom. The molecule has 0 aliphatic heterocycles. The molecule has 0 bridgehead atoms. The number of thioether (sulfide) groups is 1. The van der Waals surface area contributed by atoms with Crippen molar-refractivity contribution in [2.24, 2.45) is 0 Å². The van der Waals surface area contributed by atoms with Gasteiger partial charge in [0.25, 0.3) is 0 Å². The average Bonchev–Trinajstić information content (AvgIpc) is 2.40. The van der Waals surface area contributed by atoms with E-state index in [4.69, 9.17) is 5.11 Å². The summed E-state index contributed by atoms with van der Waals surface area (Å²) in [5, 5.41) is 9.15. The van der Waals surface area contributed by atoms with E-state index in [2.05, 4.69) is 0 Å². The van der Waals surface area contributed by atoms with E-state index in [0.717, 1.165) is 23.9 Å². The van der Waals surface area contributed by atoms with Crippen LogP contribution in [0.2, 0.25) is 0 Å². The van der Waals surface area contributed by atoms with E-state index in [-0.39, 0.29) is 18.2 Å². The minimum atomic E-state index is -1.32. The Morgan fingerprint density at radius 2 is 1.90 bits per heavy atom. The van der Waals surface area contributed by atoms with Crippen molar-refractivity contribution >= 4 is 23.6 Å². The molecule has 0 atom stereocenters. The van der Waals surface area contributed by atoms with Crippen molar-refractivity contribution in [2.75, 3.05) is 12.3 Å². The number of hydrogen-bond donors (Lipinski definition) is 1. The summed E-state index contributed by atoms with van der Waals surface area (Å²) in [5.74, 6) is -3.45. The fraction of sp³-hybridized carbons (Fsp3) is 0.429. The van der Waals surface area contributed by atoms with Crippen LogP contribution in [-0.4, -0.2) is 39.7 Å². The number of hydrogen-bond acceptors (Lipinski definition) is 3. The smallest absolute Gasteiger partial charge is 0.329 e. The zero-order valence-corrected chi connectivity index (χ0v) is 12.8. The van der Waals surface area contributed by atoms with Gasteiger partial charge in [-0.25, -0.2) is 13.6 Å². The lowest BCUT2D eigenvalue weighted by Crippen LogP contribution is -2.53. The summed E-state index contributed by atoms with van der Waals surface area (Å²) in [7, 11) is 0. The van der Waals surface area contributed by atoms with Gasteiger partial charge in [0.15, 0.2) is 11.6 Å². The van der Waals surface area contributed by atoms with E-state index in [1.807, 2.05) is 0 Å². The van der Waals surface area contributed by atoms with Gasteiger partial charge in [0.1, 0.15) is 5.54 Å². The van der Waals surface area contributed by atoms with Gasteiger partial charge in [0, 0.05) is 11.4 Å². The third-order valence-electron chi connectivity index (χ3n) is 3.07. The molecule has 0 aliphatic carbocycles. The molecule has 1 rings (SSSR count). The number of amides is 1. The van der Waals surface area contributed by atoms with Crippen molar-refractivity contribution in [1.82, 2.24) is 4.90 Å². The maximum Gasteiger partial charge on any atom is 0.329 e. The maximum absolute atomic E-state index is 13.1. The minimum absolute atomic E-state index is 0.0460. The van der Waals surface area contributed by atoms with E-state index in [9.17, 15) is 18.4 Å². The number of carboxylic acid groups (broad SMARTS) is 1. The van der Waals surface area contributed by atoms with Gasteiger partial charge in [-0.1, -0.05) is 0 Å². The summed E-state index contributed by atoms with van der Waals surface area (Å²) < 4.78 is 25.9. The van der Waals surface area contributed by atoms with Crippen LogP contribution < -0.4 is 0 Å². The first-order chi connectivity index (χ1) is 9.70. The van der Waals surface area contributed by atoms with Crippen molar-refractivity contribution in [2.45, 2.75) is 31.2 Å². The highest BCUT2D eigenvalue weighted by molar-refractivity contribution is 8.00. The topological polar surface area (TPSA) is 57.6 Å². The summed E-state index contributed by atoms with van der Waals surface area (Å²) in [6.07, 6.45) is 0. The zero-order chi connectivity index (χ0) is 16.2. The SMILES string of the molecule is CCN(C(=O)CSc1ccc(F)c(F)c1)C(C)(C)C(=O)O. The number of nitrogens with zero attached hydrogens (tertiary/aromatic N) is 1. The lowest BCUT2D eigenvalue weighted by molar-refractivity contribution is -0.155. The van der Waals surface area contributed by atoms with Gasteiger partial charge in [0.05, 0.1) is 5.75 Å². The van der Waals surface area contributed by atoms with Crippen LogP contribution in [0.15, 0.2) is 23.1 Å². The molecule has 0 fully saturated rings. The molecule has 0 saturated carbocycles.